The van der Waals surface area contributed by atoms with Crippen LogP contribution in [0.1, 0.15) is 28.5 Å². The predicted octanol–water partition coefficient (Wildman–Crippen LogP) is 2.10. The quantitative estimate of drug-likeness (QED) is 0.836. The van der Waals surface area contributed by atoms with E-state index >= 15 is 0 Å². The summed E-state index contributed by atoms with van der Waals surface area (Å²) in [6.07, 6.45) is 1.99. The summed E-state index contributed by atoms with van der Waals surface area (Å²) in [6, 6.07) is 7.50. The Balaban J connectivity index is 2.39. The number of aryl methyl sites for hydroxylation is 1. The lowest BCUT2D eigenvalue weighted by molar-refractivity contribution is 0.101. The van der Waals surface area contributed by atoms with Crippen LogP contribution >= 0.6 is 0 Å². The maximum atomic E-state index is 11.4. The maximum Gasteiger partial charge on any atom is 0.159 e. The van der Waals surface area contributed by atoms with Crippen molar-refractivity contribution in [2.45, 2.75) is 20.4 Å². The average molecular weight is 243 g/mol. The highest BCUT2D eigenvalue weighted by Crippen LogP contribution is 2.14. The zero-order valence-corrected chi connectivity index (χ0v) is 10.9. The molecule has 0 aliphatic heterocycles. The molecule has 1 aromatic carbocycles. The largest absolute Gasteiger partial charge is 0.316 e. The predicted molar refractivity (Wildman–Crippen MR) is 71.1 cm³/mol. The molecule has 2 aromatic rings. The van der Waals surface area contributed by atoms with Gasteiger partial charge < -0.3 is 5.32 Å². The molecule has 4 nitrogen and oxygen atoms in total. The van der Waals surface area contributed by atoms with Crippen LogP contribution < -0.4 is 5.32 Å². The van der Waals surface area contributed by atoms with Gasteiger partial charge in [-0.3, -0.25) is 4.79 Å². The van der Waals surface area contributed by atoms with Crippen LogP contribution in [0, 0.1) is 6.92 Å². The highest BCUT2D eigenvalue weighted by atomic mass is 16.1. The number of carbonyl (C=O) groups excluding carboxylic acids is 1. The smallest absolute Gasteiger partial charge is 0.159 e. The maximum absolute atomic E-state index is 11.4. The summed E-state index contributed by atoms with van der Waals surface area (Å²) in [5.74, 6) is 0.0659. The summed E-state index contributed by atoms with van der Waals surface area (Å²) in [5.41, 5.74) is 3.77. The number of hydrogen-bond acceptors (Lipinski definition) is 3. The molecule has 0 aliphatic rings. The van der Waals surface area contributed by atoms with Crippen LogP contribution in [0.5, 0.6) is 0 Å². The third-order valence-electron chi connectivity index (χ3n) is 2.89. The van der Waals surface area contributed by atoms with E-state index in [9.17, 15) is 4.79 Å². The molecule has 0 radical (unpaired) electrons. The molecule has 0 aliphatic carbocycles. The SMILES string of the molecule is CNCc1cn(-c2cccc(C(C)=O)c2)nc1C. The van der Waals surface area contributed by atoms with Gasteiger partial charge in [-0.05, 0) is 33.0 Å². The minimum Gasteiger partial charge on any atom is -0.316 e. The molecule has 0 unspecified atom stereocenters. The molecule has 0 saturated carbocycles. The molecule has 4 heteroatoms. The van der Waals surface area contributed by atoms with Crippen LogP contribution in [0.15, 0.2) is 30.5 Å². The Morgan fingerprint density at radius 2 is 2.22 bits per heavy atom. The third-order valence-corrected chi connectivity index (χ3v) is 2.89. The highest BCUT2D eigenvalue weighted by Gasteiger charge is 2.07. The van der Waals surface area contributed by atoms with E-state index in [0.717, 1.165) is 23.5 Å². The molecule has 0 saturated heterocycles. The van der Waals surface area contributed by atoms with Crippen LogP contribution in [-0.4, -0.2) is 22.6 Å². The summed E-state index contributed by atoms with van der Waals surface area (Å²) in [6.45, 7) is 4.34. The van der Waals surface area contributed by atoms with E-state index in [4.69, 9.17) is 0 Å². The Morgan fingerprint density at radius 3 is 2.89 bits per heavy atom. The van der Waals surface area contributed by atoms with Crippen LogP contribution in [-0.2, 0) is 6.54 Å². The van der Waals surface area contributed by atoms with E-state index in [-0.39, 0.29) is 5.78 Å². The van der Waals surface area contributed by atoms with Gasteiger partial charge in [0.05, 0.1) is 11.4 Å². The number of nitrogens with one attached hydrogen (secondary N) is 1. The van der Waals surface area contributed by atoms with E-state index in [2.05, 4.69) is 10.4 Å². The summed E-state index contributed by atoms with van der Waals surface area (Å²) in [4.78, 5) is 11.4. The van der Waals surface area contributed by atoms with Crippen molar-refractivity contribution in [1.29, 1.82) is 0 Å². The normalized spacial score (nSPS) is 10.6. The second kappa shape index (κ2) is 5.14. The van der Waals surface area contributed by atoms with Crippen LogP contribution in [0.2, 0.25) is 0 Å². The van der Waals surface area contributed by atoms with Crippen molar-refractivity contribution >= 4 is 5.78 Å². The molecule has 0 bridgehead atoms. The average Bonchev–Trinajstić information content (AvgIpc) is 2.72. The monoisotopic (exact) mass is 243 g/mol. The highest BCUT2D eigenvalue weighted by molar-refractivity contribution is 5.94. The number of rotatable bonds is 4. The standard InChI is InChI=1S/C14H17N3O/c1-10-13(8-15-3)9-17(16-10)14-6-4-5-12(7-14)11(2)18/h4-7,9,15H,8H2,1-3H3. The molecule has 1 heterocycles. The number of hydrogen-bond donors (Lipinski definition) is 1. The van der Waals surface area contributed by atoms with Crippen LogP contribution in [0.25, 0.3) is 5.69 Å². The Morgan fingerprint density at radius 1 is 1.44 bits per heavy atom. The Kier molecular flexibility index (Phi) is 3.58. The van der Waals surface area contributed by atoms with Crippen molar-refractivity contribution in [3.8, 4) is 5.69 Å². The summed E-state index contributed by atoms with van der Waals surface area (Å²) in [7, 11) is 1.91. The number of ketones is 1. The number of nitrogens with zero attached hydrogens (tertiary/aromatic N) is 2. The first kappa shape index (κ1) is 12.5. The van der Waals surface area contributed by atoms with Gasteiger partial charge in [0.15, 0.2) is 5.78 Å². The molecule has 18 heavy (non-hydrogen) atoms. The van der Waals surface area contributed by atoms with Gasteiger partial charge in [0.2, 0.25) is 0 Å². The van der Waals surface area contributed by atoms with Crippen LogP contribution in [0.4, 0.5) is 0 Å². The molecule has 94 valence electrons. The van der Waals surface area contributed by atoms with E-state index in [1.807, 2.05) is 49.1 Å². The first-order chi connectivity index (χ1) is 8.61. The molecular formula is C14H17N3O. The third kappa shape index (κ3) is 2.49. The van der Waals surface area contributed by atoms with Crippen molar-refractivity contribution in [1.82, 2.24) is 15.1 Å². The first-order valence-electron chi connectivity index (χ1n) is 5.93. The molecule has 0 amide bonds. The minimum absolute atomic E-state index is 0.0659. The van der Waals surface area contributed by atoms with Gasteiger partial charge in [0.1, 0.15) is 0 Å². The van der Waals surface area contributed by atoms with Crippen LogP contribution in [0.3, 0.4) is 0 Å². The van der Waals surface area contributed by atoms with E-state index in [1.54, 1.807) is 6.92 Å². The Hall–Kier alpha value is -1.94. The summed E-state index contributed by atoms with van der Waals surface area (Å²) in [5, 5.41) is 7.58. The number of benzene rings is 1. The van der Waals surface area contributed by atoms with Crippen molar-refractivity contribution in [3.05, 3.63) is 47.3 Å². The van der Waals surface area contributed by atoms with Gasteiger partial charge in [-0.2, -0.15) is 5.10 Å². The fourth-order valence-electron chi connectivity index (χ4n) is 1.86. The minimum atomic E-state index is 0.0659. The second-order valence-corrected chi connectivity index (χ2v) is 4.32. The fourth-order valence-corrected chi connectivity index (χ4v) is 1.86. The molecule has 1 aromatic heterocycles. The van der Waals surface area contributed by atoms with Crippen molar-refractivity contribution in [2.75, 3.05) is 7.05 Å². The first-order valence-corrected chi connectivity index (χ1v) is 5.93. The Bertz CT molecular complexity index is 572. The van der Waals surface area contributed by atoms with Gasteiger partial charge in [-0.25, -0.2) is 4.68 Å². The zero-order chi connectivity index (χ0) is 13.1. The van der Waals surface area contributed by atoms with E-state index in [1.165, 1.54) is 0 Å². The van der Waals surface area contributed by atoms with Gasteiger partial charge in [0, 0.05) is 23.9 Å². The number of carbonyl (C=O) groups is 1. The second-order valence-electron chi connectivity index (χ2n) is 4.32. The van der Waals surface area contributed by atoms with Gasteiger partial charge in [-0.15, -0.1) is 0 Å². The summed E-state index contributed by atoms with van der Waals surface area (Å²) < 4.78 is 1.81. The Labute approximate surface area is 107 Å². The van der Waals surface area contributed by atoms with Gasteiger partial charge in [0.25, 0.3) is 0 Å². The fraction of sp³-hybridized carbons (Fsp3) is 0.286. The zero-order valence-electron chi connectivity index (χ0n) is 10.9. The van der Waals surface area contributed by atoms with Gasteiger partial charge in [-0.1, -0.05) is 12.1 Å². The lowest BCUT2D eigenvalue weighted by Gasteiger charge is -2.02. The molecule has 1 N–H and O–H groups in total. The lowest BCUT2D eigenvalue weighted by atomic mass is 10.1. The molecule has 0 spiro atoms. The summed E-state index contributed by atoms with van der Waals surface area (Å²) >= 11 is 0. The molecule has 2 rings (SSSR count). The number of Topliss-reactive ketones (excluding diaryl/α,β-unsaturated/α-hetero) is 1. The van der Waals surface area contributed by atoms with Crippen molar-refractivity contribution in [2.24, 2.45) is 0 Å². The lowest BCUT2D eigenvalue weighted by Crippen LogP contribution is -2.05. The van der Waals surface area contributed by atoms with E-state index in [0.29, 0.717) is 5.56 Å². The van der Waals surface area contributed by atoms with Gasteiger partial charge >= 0.3 is 0 Å². The molecular weight excluding hydrogens is 226 g/mol. The van der Waals surface area contributed by atoms with Crippen molar-refractivity contribution < 1.29 is 4.79 Å². The topological polar surface area (TPSA) is 46.9 Å². The van der Waals surface area contributed by atoms with Crippen molar-refractivity contribution in [3.63, 3.8) is 0 Å². The van der Waals surface area contributed by atoms with E-state index < -0.39 is 0 Å². The molecule has 0 atom stereocenters. The molecule has 0 fully saturated rings. The number of aromatic nitrogens is 2.